The van der Waals surface area contributed by atoms with Gasteiger partial charge in [-0.2, -0.15) is 13.2 Å². The predicted octanol–water partition coefficient (Wildman–Crippen LogP) is 2.19. The highest BCUT2D eigenvalue weighted by Gasteiger charge is 2.32. The van der Waals surface area contributed by atoms with Crippen molar-refractivity contribution in [3.63, 3.8) is 0 Å². The van der Waals surface area contributed by atoms with Crippen molar-refractivity contribution < 1.29 is 27.8 Å². The van der Waals surface area contributed by atoms with Crippen LogP contribution in [0.25, 0.3) is 0 Å². The van der Waals surface area contributed by atoms with Crippen LogP contribution in [0.1, 0.15) is 23.6 Å². The third-order valence-corrected chi connectivity index (χ3v) is 2.35. The van der Waals surface area contributed by atoms with Gasteiger partial charge in [-0.15, -0.1) is 0 Å². The zero-order chi connectivity index (χ0) is 13.9. The SMILES string of the molecule is COc1ccc(C(F)(F)F)cc1C(N)CC(=O)O. The molecule has 0 amide bonds. The molecular formula is C11H12F3NO3. The Morgan fingerprint density at radius 1 is 1.50 bits per heavy atom. The average molecular weight is 263 g/mol. The maximum atomic E-state index is 12.5. The van der Waals surface area contributed by atoms with E-state index in [-0.39, 0.29) is 11.3 Å². The predicted molar refractivity (Wildman–Crippen MR) is 57.2 cm³/mol. The van der Waals surface area contributed by atoms with Crippen molar-refractivity contribution >= 4 is 5.97 Å². The molecule has 0 aromatic heterocycles. The number of rotatable bonds is 4. The zero-order valence-electron chi connectivity index (χ0n) is 9.49. The van der Waals surface area contributed by atoms with E-state index in [0.717, 1.165) is 18.2 Å². The molecule has 0 aliphatic rings. The van der Waals surface area contributed by atoms with Crippen LogP contribution in [0.3, 0.4) is 0 Å². The molecule has 3 N–H and O–H groups in total. The summed E-state index contributed by atoms with van der Waals surface area (Å²) in [6.07, 6.45) is -4.98. The van der Waals surface area contributed by atoms with Crippen molar-refractivity contribution in [3.05, 3.63) is 29.3 Å². The fraction of sp³-hybridized carbons (Fsp3) is 0.364. The zero-order valence-corrected chi connectivity index (χ0v) is 9.49. The van der Waals surface area contributed by atoms with E-state index in [2.05, 4.69) is 0 Å². The first-order valence-electron chi connectivity index (χ1n) is 4.98. The summed E-state index contributed by atoms with van der Waals surface area (Å²) in [7, 11) is 1.28. The Labute approximate surface area is 101 Å². The van der Waals surface area contributed by atoms with Crippen LogP contribution in [0.2, 0.25) is 0 Å². The minimum atomic E-state index is -4.51. The summed E-state index contributed by atoms with van der Waals surface area (Å²) in [6, 6.07) is 1.74. The smallest absolute Gasteiger partial charge is 0.416 e. The van der Waals surface area contributed by atoms with Gasteiger partial charge < -0.3 is 15.6 Å². The second kappa shape index (κ2) is 5.26. The summed E-state index contributed by atoms with van der Waals surface area (Å²) >= 11 is 0. The molecule has 1 rings (SSSR count). The Balaban J connectivity index is 3.17. The molecule has 1 atom stereocenters. The van der Waals surface area contributed by atoms with E-state index < -0.39 is 30.2 Å². The van der Waals surface area contributed by atoms with E-state index in [9.17, 15) is 18.0 Å². The molecule has 100 valence electrons. The fourth-order valence-corrected chi connectivity index (χ4v) is 1.50. The van der Waals surface area contributed by atoms with Crippen LogP contribution in [0.5, 0.6) is 5.75 Å². The van der Waals surface area contributed by atoms with E-state index in [1.165, 1.54) is 7.11 Å². The summed E-state index contributed by atoms with van der Waals surface area (Å²) < 4.78 is 42.5. The lowest BCUT2D eigenvalue weighted by atomic mass is 10.0. The number of carbonyl (C=O) groups is 1. The molecule has 1 aromatic carbocycles. The normalized spacial score (nSPS) is 13.2. The summed E-state index contributed by atoms with van der Waals surface area (Å²) in [5.74, 6) is -1.06. The molecule has 0 saturated heterocycles. The number of nitrogens with two attached hydrogens (primary N) is 1. The van der Waals surface area contributed by atoms with E-state index in [4.69, 9.17) is 15.6 Å². The minimum absolute atomic E-state index is 0.0229. The van der Waals surface area contributed by atoms with Gasteiger partial charge in [0.1, 0.15) is 5.75 Å². The van der Waals surface area contributed by atoms with Crippen LogP contribution in [-0.2, 0) is 11.0 Å². The summed E-state index contributed by atoms with van der Waals surface area (Å²) in [6.45, 7) is 0. The Morgan fingerprint density at radius 3 is 2.56 bits per heavy atom. The highest BCUT2D eigenvalue weighted by atomic mass is 19.4. The molecule has 0 saturated carbocycles. The number of halogens is 3. The molecule has 18 heavy (non-hydrogen) atoms. The molecule has 0 aliphatic heterocycles. The maximum Gasteiger partial charge on any atom is 0.416 e. The van der Waals surface area contributed by atoms with Gasteiger partial charge in [-0.3, -0.25) is 4.79 Å². The Kier molecular flexibility index (Phi) is 4.18. The monoisotopic (exact) mass is 263 g/mol. The molecule has 0 aliphatic carbocycles. The molecule has 0 radical (unpaired) electrons. The van der Waals surface area contributed by atoms with E-state index >= 15 is 0 Å². The molecule has 1 unspecified atom stereocenters. The largest absolute Gasteiger partial charge is 0.496 e. The van der Waals surface area contributed by atoms with Crippen molar-refractivity contribution in [2.45, 2.75) is 18.6 Å². The van der Waals surface area contributed by atoms with Gasteiger partial charge in [-0.25, -0.2) is 0 Å². The van der Waals surface area contributed by atoms with Crippen LogP contribution in [-0.4, -0.2) is 18.2 Å². The van der Waals surface area contributed by atoms with Gasteiger partial charge in [-0.05, 0) is 18.2 Å². The third kappa shape index (κ3) is 3.36. The molecule has 0 fully saturated rings. The van der Waals surface area contributed by atoms with E-state index in [1.807, 2.05) is 0 Å². The standard InChI is InChI=1S/C11H12F3NO3/c1-18-9-3-2-6(11(12,13)14)4-7(9)8(15)5-10(16)17/h2-4,8H,5,15H2,1H3,(H,16,17). The summed E-state index contributed by atoms with van der Waals surface area (Å²) in [5, 5.41) is 8.59. The number of methoxy groups -OCH3 is 1. The molecule has 0 bridgehead atoms. The van der Waals surface area contributed by atoms with Gasteiger partial charge in [0.05, 0.1) is 19.1 Å². The van der Waals surface area contributed by atoms with Gasteiger partial charge in [0.15, 0.2) is 0 Å². The topological polar surface area (TPSA) is 72.5 Å². The lowest BCUT2D eigenvalue weighted by Crippen LogP contribution is -2.17. The number of hydrogen-bond donors (Lipinski definition) is 2. The van der Waals surface area contributed by atoms with Gasteiger partial charge >= 0.3 is 12.1 Å². The van der Waals surface area contributed by atoms with Gasteiger partial charge in [0, 0.05) is 11.6 Å². The van der Waals surface area contributed by atoms with Crippen molar-refractivity contribution in [3.8, 4) is 5.75 Å². The summed E-state index contributed by atoms with van der Waals surface area (Å²) in [5.41, 5.74) is 4.69. The first-order chi connectivity index (χ1) is 8.25. The third-order valence-electron chi connectivity index (χ3n) is 2.35. The number of carboxylic acid groups (broad SMARTS) is 1. The summed E-state index contributed by atoms with van der Waals surface area (Å²) in [4.78, 5) is 10.5. The minimum Gasteiger partial charge on any atom is -0.496 e. The number of benzene rings is 1. The highest BCUT2D eigenvalue weighted by Crippen LogP contribution is 2.34. The number of hydrogen-bond acceptors (Lipinski definition) is 3. The van der Waals surface area contributed by atoms with Crippen LogP contribution in [0, 0.1) is 0 Å². The second-order valence-electron chi connectivity index (χ2n) is 3.66. The number of aliphatic carboxylic acids is 1. The molecular weight excluding hydrogens is 251 g/mol. The first kappa shape index (κ1) is 14.3. The molecule has 1 aromatic rings. The van der Waals surface area contributed by atoms with Gasteiger partial charge in [0.2, 0.25) is 0 Å². The molecule has 7 heteroatoms. The second-order valence-corrected chi connectivity index (χ2v) is 3.66. The van der Waals surface area contributed by atoms with Crippen LogP contribution >= 0.6 is 0 Å². The highest BCUT2D eigenvalue weighted by molar-refractivity contribution is 5.68. The van der Waals surface area contributed by atoms with Crippen LogP contribution in [0.15, 0.2) is 18.2 Å². The lowest BCUT2D eigenvalue weighted by Gasteiger charge is -2.16. The Morgan fingerprint density at radius 2 is 2.11 bits per heavy atom. The average Bonchev–Trinajstić information content (AvgIpc) is 2.26. The fourth-order valence-electron chi connectivity index (χ4n) is 1.50. The van der Waals surface area contributed by atoms with E-state index in [1.54, 1.807) is 0 Å². The van der Waals surface area contributed by atoms with Crippen LogP contribution in [0.4, 0.5) is 13.2 Å². The first-order valence-corrected chi connectivity index (χ1v) is 4.98. The Hall–Kier alpha value is -1.76. The van der Waals surface area contributed by atoms with Crippen molar-refractivity contribution in [2.75, 3.05) is 7.11 Å². The van der Waals surface area contributed by atoms with Crippen molar-refractivity contribution in [2.24, 2.45) is 5.73 Å². The van der Waals surface area contributed by atoms with Gasteiger partial charge in [-0.1, -0.05) is 0 Å². The van der Waals surface area contributed by atoms with Crippen LogP contribution < -0.4 is 10.5 Å². The number of ether oxygens (including phenoxy) is 1. The molecule has 4 nitrogen and oxygen atoms in total. The van der Waals surface area contributed by atoms with E-state index in [0.29, 0.717) is 0 Å². The Bertz CT molecular complexity index is 446. The molecule has 0 heterocycles. The number of alkyl halides is 3. The quantitative estimate of drug-likeness (QED) is 0.873. The number of carboxylic acids is 1. The van der Waals surface area contributed by atoms with Crippen molar-refractivity contribution in [1.29, 1.82) is 0 Å². The maximum absolute atomic E-state index is 12.5. The van der Waals surface area contributed by atoms with Gasteiger partial charge in [0.25, 0.3) is 0 Å². The van der Waals surface area contributed by atoms with Crippen molar-refractivity contribution in [1.82, 2.24) is 0 Å². The molecule has 0 spiro atoms. The lowest BCUT2D eigenvalue weighted by molar-refractivity contribution is -0.138.